The molecule has 0 N–H and O–H groups in total. The fraction of sp³-hybridized carbons (Fsp3) is 0.500. The molecule has 0 radical (unpaired) electrons. The summed E-state index contributed by atoms with van der Waals surface area (Å²) >= 11 is 3.09. The maximum Gasteiger partial charge on any atom is 0.130 e. The molecule has 0 bridgehead atoms. The van der Waals surface area contributed by atoms with Gasteiger partial charge in [-0.1, -0.05) is 37.3 Å². The maximum atomic E-state index is 7.18. The van der Waals surface area contributed by atoms with Gasteiger partial charge in [0.1, 0.15) is 5.40 Å². The van der Waals surface area contributed by atoms with Crippen molar-refractivity contribution in [3.63, 3.8) is 0 Å². The minimum absolute atomic E-state index is 0.0534. The van der Waals surface area contributed by atoms with Crippen LogP contribution in [0, 0.1) is 10.7 Å². The van der Waals surface area contributed by atoms with Gasteiger partial charge in [0.25, 0.3) is 0 Å². The lowest BCUT2D eigenvalue weighted by atomic mass is 9.91. The van der Waals surface area contributed by atoms with Crippen molar-refractivity contribution < 1.29 is 0 Å². The third kappa shape index (κ3) is 4.80. The van der Waals surface area contributed by atoms with Crippen molar-refractivity contribution in [2.24, 2.45) is 0 Å². The van der Waals surface area contributed by atoms with E-state index in [1.54, 1.807) is 0 Å². The number of hydrogen-bond donors (Lipinski definition) is 1. The van der Waals surface area contributed by atoms with E-state index in [4.69, 9.17) is 5.26 Å². The minimum Gasteiger partial charge on any atom is -0.291 e. The van der Waals surface area contributed by atoms with Crippen LogP contribution in [0.15, 0.2) is 38.0 Å². The standard InChI is InChI=1S/C13H21N.CHNS/c1-4-10-13(5-2,6-3)14-11-8-7-9-12-14;2-1-3/h4-6H,1-3,7-12H2;3H. The molecule has 1 fully saturated rings. The molecule has 17 heavy (non-hydrogen) atoms. The second kappa shape index (κ2) is 9.09. The number of thiol groups is 1. The largest absolute Gasteiger partial charge is 0.291 e. The van der Waals surface area contributed by atoms with Crippen molar-refractivity contribution in [3.8, 4) is 5.40 Å². The zero-order chi connectivity index (χ0) is 13.1. The molecule has 1 aliphatic heterocycles. The predicted molar refractivity (Wildman–Crippen MR) is 78.0 cm³/mol. The molecule has 1 saturated heterocycles. The lowest BCUT2D eigenvalue weighted by Crippen LogP contribution is -2.47. The summed E-state index contributed by atoms with van der Waals surface area (Å²) in [7, 11) is 0. The van der Waals surface area contributed by atoms with E-state index in [2.05, 4.69) is 37.3 Å². The molecule has 0 aromatic heterocycles. The Morgan fingerprint density at radius 3 is 2.00 bits per heavy atom. The quantitative estimate of drug-likeness (QED) is 0.459. The minimum atomic E-state index is -0.0534. The first-order valence-electron chi connectivity index (χ1n) is 5.87. The van der Waals surface area contributed by atoms with Gasteiger partial charge in [-0.25, -0.2) is 0 Å². The molecule has 1 aliphatic rings. The average molecular weight is 250 g/mol. The van der Waals surface area contributed by atoms with E-state index in [0.717, 1.165) is 19.5 Å². The number of piperidine rings is 1. The highest BCUT2D eigenvalue weighted by molar-refractivity contribution is 7.85. The summed E-state index contributed by atoms with van der Waals surface area (Å²) in [5.41, 5.74) is -0.0534. The van der Waals surface area contributed by atoms with Gasteiger partial charge in [0.05, 0.1) is 5.54 Å². The number of nitriles is 1. The average Bonchev–Trinajstić information content (AvgIpc) is 2.38. The Balaban J connectivity index is 0.000000770. The van der Waals surface area contributed by atoms with Crippen LogP contribution < -0.4 is 0 Å². The summed E-state index contributed by atoms with van der Waals surface area (Å²) in [5.74, 6) is 0. The van der Waals surface area contributed by atoms with Crippen LogP contribution in [0.1, 0.15) is 25.7 Å². The zero-order valence-corrected chi connectivity index (χ0v) is 11.3. The Labute approximate surface area is 111 Å². The third-order valence-corrected chi connectivity index (χ3v) is 3.12. The summed E-state index contributed by atoms with van der Waals surface area (Å²) in [6.07, 6.45) is 10.8. The molecule has 94 valence electrons. The first-order valence-corrected chi connectivity index (χ1v) is 6.31. The van der Waals surface area contributed by atoms with E-state index in [0.29, 0.717) is 0 Å². The third-order valence-electron chi connectivity index (χ3n) is 3.12. The number of thiocyanates is 1. The molecule has 0 saturated carbocycles. The van der Waals surface area contributed by atoms with Gasteiger partial charge in [-0.3, -0.25) is 4.90 Å². The van der Waals surface area contributed by atoms with E-state index in [1.807, 2.05) is 18.2 Å². The van der Waals surface area contributed by atoms with Crippen molar-refractivity contribution in [1.82, 2.24) is 4.90 Å². The van der Waals surface area contributed by atoms with Crippen LogP contribution >= 0.6 is 12.6 Å². The molecular weight excluding hydrogens is 228 g/mol. The van der Waals surface area contributed by atoms with Crippen molar-refractivity contribution in [2.75, 3.05) is 13.1 Å². The highest BCUT2D eigenvalue weighted by Crippen LogP contribution is 2.26. The van der Waals surface area contributed by atoms with Gasteiger partial charge in [-0.15, -0.1) is 19.7 Å². The molecule has 0 amide bonds. The SMILES string of the molecule is C=CCC(C=C)(C=C)N1CCCCC1.N#CS. The van der Waals surface area contributed by atoms with Crippen molar-refractivity contribution in [2.45, 2.75) is 31.2 Å². The Kier molecular flexibility index (Phi) is 8.57. The molecule has 0 atom stereocenters. The van der Waals surface area contributed by atoms with E-state index in [9.17, 15) is 0 Å². The fourth-order valence-corrected chi connectivity index (χ4v) is 2.18. The Hall–Kier alpha value is -0.980. The highest BCUT2D eigenvalue weighted by atomic mass is 32.1. The second-order valence-corrected chi connectivity index (χ2v) is 4.24. The lowest BCUT2D eigenvalue weighted by molar-refractivity contribution is 0.142. The number of hydrogen-bond acceptors (Lipinski definition) is 3. The molecule has 0 aromatic carbocycles. The summed E-state index contributed by atoms with van der Waals surface area (Å²) in [6, 6.07) is 0. The van der Waals surface area contributed by atoms with Crippen LogP contribution in [-0.4, -0.2) is 23.5 Å². The topological polar surface area (TPSA) is 27.0 Å². The van der Waals surface area contributed by atoms with E-state index in [-0.39, 0.29) is 5.54 Å². The number of nitrogens with zero attached hydrogens (tertiary/aromatic N) is 2. The monoisotopic (exact) mass is 250 g/mol. The number of rotatable bonds is 5. The molecule has 3 heteroatoms. The van der Waals surface area contributed by atoms with Crippen molar-refractivity contribution in [1.29, 1.82) is 5.26 Å². The summed E-state index contributed by atoms with van der Waals surface area (Å²) in [4.78, 5) is 2.47. The van der Waals surface area contributed by atoms with E-state index >= 15 is 0 Å². The molecule has 0 unspecified atom stereocenters. The highest BCUT2D eigenvalue weighted by Gasteiger charge is 2.29. The molecule has 0 aromatic rings. The molecule has 0 spiro atoms. The van der Waals surface area contributed by atoms with Gasteiger partial charge in [0.15, 0.2) is 0 Å². The van der Waals surface area contributed by atoms with Gasteiger partial charge >= 0.3 is 0 Å². The zero-order valence-electron chi connectivity index (χ0n) is 10.4. The van der Waals surface area contributed by atoms with Gasteiger partial charge in [0.2, 0.25) is 0 Å². The Morgan fingerprint density at radius 1 is 1.18 bits per heavy atom. The number of likely N-dealkylation sites (tertiary alicyclic amines) is 1. The Morgan fingerprint density at radius 2 is 1.65 bits per heavy atom. The van der Waals surface area contributed by atoms with Crippen LogP contribution in [0.4, 0.5) is 0 Å². The van der Waals surface area contributed by atoms with Gasteiger partial charge in [-0.05, 0) is 32.4 Å². The van der Waals surface area contributed by atoms with Crippen molar-refractivity contribution >= 4 is 12.6 Å². The molecule has 1 heterocycles. The van der Waals surface area contributed by atoms with E-state index < -0.39 is 0 Å². The van der Waals surface area contributed by atoms with E-state index in [1.165, 1.54) is 24.7 Å². The molecule has 0 aliphatic carbocycles. The fourth-order valence-electron chi connectivity index (χ4n) is 2.18. The first kappa shape index (κ1) is 16.0. The lowest BCUT2D eigenvalue weighted by Gasteiger charge is -2.41. The first-order chi connectivity index (χ1) is 8.20. The van der Waals surface area contributed by atoms with Gasteiger partial charge in [0, 0.05) is 0 Å². The van der Waals surface area contributed by atoms with Gasteiger partial charge < -0.3 is 0 Å². The van der Waals surface area contributed by atoms with Crippen LogP contribution in [0.2, 0.25) is 0 Å². The normalized spacial score (nSPS) is 16.0. The molecular formula is C14H22N2S. The van der Waals surface area contributed by atoms with Crippen LogP contribution in [0.5, 0.6) is 0 Å². The maximum absolute atomic E-state index is 7.18. The van der Waals surface area contributed by atoms with Crippen LogP contribution in [0.25, 0.3) is 0 Å². The summed E-state index contributed by atoms with van der Waals surface area (Å²) in [5, 5.41) is 8.63. The second-order valence-electron chi connectivity index (χ2n) is 4.04. The molecule has 2 nitrogen and oxygen atoms in total. The Bertz CT molecular complexity index is 277. The van der Waals surface area contributed by atoms with Gasteiger partial charge in [-0.2, -0.15) is 5.26 Å². The summed E-state index contributed by atoms with van der Waals surface area (Å²) < 4.78 is 0. The summed E-state index contributed by atoms with van der Waals surface area (Å²) in [6.45, 7) is 14.0. The predicted octanol–water partition coefficient (Wildman–Crippen LogP) is 3.56. The smallest absolute Gasteiger partial charge is 0.130 e. The van der Waals surface area contributed by atoms with Crippen molar-refractivity contribution in [3.05, 3.63) is 38.0 Å². The molecule has 1 rings (SSSR count). The van der Waals surface area contributed by atoms with Crippen LogP contribution in [-0.2, 0) is 0 Å². The van der Waals surface area contributed by atoms with Crippen LogP contribution in [0.3, 0.4) is 0 Å².